The highest BCUT2D eigenvalue weighted by Crippen LogP contribution is 2.42. The van der Waals surface area contributed by atoms with E-state index in [2.05, 4.69) is 10.4 Å². The molecule has 5 aromatic rings. The molecule has 1 aliphatic carbocycles. The smallest absolute Gasteiger partial charge is 0.435 e. The van der Waals surface area contributed by atoms with Crippen molar-refractivity contribution in [3.05, 3.63) is 85.3 Å². The third-order valence-corrected chi connectivity index (χ3v) is 9.45. The number of fused-ring (bicyclic) bond motifs is 2. The first-order chi connectivity index (χ1) is 24.0. The van der Waals surface area contributed by atoms with Gasteiger partial charge in [0, 0.05) is 32.8 Å². The van der Waals surface area contributed by atoms with Gasteiger partial charge in [-0.2, -0.15) is 18.3 Å². The maximum absolute atomic E-state index is 12.9. The maximum atomic E-state index is 12.9. The second-order valence-electron chi connectivity index (χ2n) is 11.2. The first-order valence-electron chi connectivity index (χ1n) is 14.7. The summed E-state index contributed by atoms with van der Waals surface area (Å²) in [6.45, 7) is -1.34. The predicted molar refractivity (Wildman–Crippen MR) is 179 cm³/mol. The third-order valence-electron chi connectivity index (χ3n) is 7.54. The van der Waals surface area contributed by atoms with E-state index in [0.717, 1.165) is 40.5 Å². The average molecular weight is 747 g/mol. The largest absolute Gasteiger partial charge is 0.499 e. The van der Waals surface area contributed by atoms with Crippen LogP contribution in [0.5, 0.6) is 10.1 Å². The first kappa shape index (κ1) is 36.5. The lowest BCUT2D eigenvalue weighted by Crippen LogP contribution is -2.32. The van der Waals surface area contributed by atoms with Crippen molar-refractivity contribution >= 4 is 66.6 Å². The van der Waals surface area contributed by atoms with Crippen LogP contribution in [0.2, 0.25) is 0 Å². The summed E-state index contributed by atoms with van der Waals surface area (Å²) in [6.07, 6.45) is -2.36. The SMILES string of the molecule is Cn1nc(C(F)(F)F)cc1-c1ccc2c(=O)c(C(=O)NCC(=O)O)c(O)sc2c1.O=C(O)CNC(=O)c1c(O)sc2cc(C3CC3)ccc2c1=O. The number of nitrogens with one attached hydrogen (secondary N) is 2. The Morgan fingerprint density at radius 1 is 0.824 bits per heavy atom. The molecule has 0 atom stereocenters. The molecular weight excluding hydrogens is 721 g/mol. The standard InChI is InChI=1S/C17H12F3N3O5S.C15H13NO5S/c1-23-9(5-11(22-23)17(18,19)20)7-2-3-8-10(4-7)29-16(28)13(14(8)26)15(27)21-6-12(24)25;17-11(18)6-16-14(20)12-13(19)9-4-3-8(7-1-2-7)5-10(9)22-15(12)21/h2-5,28H,6H2,1H3,(H,21,27)(H,24,25);3-5,7,21H,1-2,6H2,(H,16,20)(H,17,18). The number of rotatable bonds is 8. The zero-order chi connectivity index (χ0) is 37.4. The van der Waals surface area contributed by atoms with Crippen LogP contribution in [0.25, 0.3) is 31.4 Å². The van der Waals surface area contributed by atoms with Gasteiger partial charge in [-0.3, -0.25) is 33.4 Å². The Labute approximate surface area is 291 Å². The molecule has 0 aliphatic heterocycles. The summed E-state index contributed by atoms with van der Waals surface area (Å²) < 4.78 is 40.5. The van der Waals surface area contributed by atoms with Crippen LogP contribution in [0, 0.1) is 0 Å². The molecule has 14 nitrogen and oxygen atoms in total. The lowest BCUT2D eigenvalue weighted by molar-refractivity contribution is -0.141. The number of carbonyl (C=O) groups is 4. The minimum absolute atomic E-state index is 0.0511. The number of alkyl halides is 3. The topological polar surface area (TPSA) is 225 Å². The summed E-state index contributed by atoms with van der Waals surface area (Å²) >= 11 is 1.62. The molecule has 51 heavy (non-hydrogen) atoms. The van der Waals surface area contributed by atoms with Crippen LogP contribution in [-0.2, 0) is 22.8 Å². The van der Waals surface area contributed by atoms with Crippen LogP contribution in [0.4, 0.5) is 13.2 Å². The maximum Gasteiger partial charge on any atom is 0.435 e. The molecule has 1 saturated carbocycles. The van der Waals surface area contributed by atoms with E-state index < -0.39 is 80.8 Å². The first-order valence-corrected chi connectivity index (χ1v) is 16.3. The third kappa shape index (κ3) is 7.99. The summed E-state index contributed by atoms with van der Waals surface area (Å²) in [5.41, 5.74) is -1.90. The van der Waals surface area contributed by atoms with Crippen molar-refractivity contribution in [3.63, 3.8) is 0 Å². The van der Waals surface area contributed by atoms with Crippen molar-refractivity contribution in [1.82, 2.24) is 20.4 Å². The molecule has 0 unspecified atom stereocenters. The van der Waals surface area contributed by atoms with E-state index in [0.29, 0.717) is 32.9 Å². The highest BCUT2D eigenvalue weighted by molar-refractivity contribution is 7.20. The van der Waals surface area contributed by atoms with Crippen molar-refractivity contribution in [1.29, 1.82) is 0 Å². The van der Waals surface area contributed by atoms with Crippen LogP contribution in [0.1, 0.15) is 50.7 Å². The molecule has 0 spiro atoms. The molecule has 2 amide bonds. The molecule has 2 aromatic carbocycles. The van der Waals surface area contributed by atoms with Crippen LogP contribution in [0.15, 0.2) is 52.1 Å². The predicted octanol–water partition coefficient (Wildman–Crippen LogP) is 3.86. The van der Waals surface area contributed by atoms with Gasteiger partial charge in [0.15, 0.2) is 15.8 Å². The number of benzene rings is 2. The molecule has 1 aliphatic rings. The molecule has 1 fully saturated rings. The minimum atomic E-state index is -4.62. The second kappa shape index (κ2) is 14.2. The van der Waals surface area contributed by atoms with Crippen LogP contribution < -0.4 is 21.5 Å². The summed E-state index contributed by atoms with van der Waals surface area (Å²) in [6, 6.07) is 10.4. The normalized spacial score (nSPS) is 12.6. The molecule has 0 bridgehead atoms. The number of aryl methyl sites for hydroxylation is 1. The van der Waals surface area contributed by atoms with Gasteiger partial charge in [0.2, 0.25) is 10.9 Å². The average Bonchev–Trinajstić information content (AvgIpc) is 3.82. The van der Waals surface area contributed by atoms with Gasteiger partial charge in [0.05, 0.1) is 5.69 Å². The second-order valence-corrected chi connectivity index (χ2v) is 13.2. The van der Waals surface area contributed by atoms with Gasteiger partial charge in [0.25, 0.3) is 11.8 Å². The Morgan fingerprint density at radius 2 is 1.31 bits per heavy atom. The van der Waals surface area contributed by atoms with E-state index >= 15 is 0 Å². The van der Waals surface area contributed by atoms with Crippen molar-refractivity contribution < 1.29 is 52.8 Å². The Kier molecular flexibility index (Phi) is 10.1. The van der Waals surface area contributed by atoms with Gasteiger partial charge in [-0.15, -0.1) is 0 Å². The van der Waals surface area contributed by atoms with Crippen molar-refractivity contribution in [3.8, 4) is 21.4 Å². The van der Waals surface area contributed by atoms with E-state index in [9.17, 15) is 52.2 Å². The number of aromatic nitrogens is 2. The number of carbonyl (C=O) groups excluding carboxylic acids is 2. The van der Waals surface area contributed by atoms with E-state index in [1.54, 1.807) is 6.07 Å². The molecule has 6 rings (SSSR count). The highest BCUT2D eigenvalue weighted by atomic mass is 32.1. The number of carboxylic acids is 2. The Hall–Kier alpha value is -5.82. The lowest BCUT2D eigenvalue weighted by Gasteiger charge is -2.07. The van der Waals surface area contributed by atoms with Crippen LogP contribution in [-0.4, -0.2) is 67.0 Å². The summed E-state index contributed by atoms with van der Waals surface area (Å²) in [5, 5.41) is 44.1. The molecule has 266 valence electrons. The monoisotopic (exact) mass is 746 g/mol. The molecule has 19 heteroatoms. The summed E-state index contributed by atoms with van der Waals surface area (Å²) in [5.74, 6) is -3.95. The molecule has 0 radical (unpaired) electrons. The highest BCUT2D eigenvalue weighted by Gasteiger charge is 2.35. The fourth-order valence-corrected chi connectivity index (χ4v) is 6.89. The molecule has 6 N–H and O–H groups in total. The Balaban J connectivity index is 0.000000205. The van der Waals surface area contributed by atoms with Gasteiger partial charge in [0.1, 0.15) is 24.2 Å². The fraction of sp³-hybridized carbons (Fsp3) is 0.219. The lowest BCUT2D eigenvalue weighted by atomic mass is 10.1. The number of aromatic hydroxyl groups is 2. The van der Waals surface area contributed by atoms with E-state index in [1.165, 1.54) is 25.2 Å². The number of halogens is 3. The Morgan fingerprint density at radius 3 is 1.76 bits per heavy atom. The van der Waals surface area contributed by atoms with Crippen LogP contribution in [0.3, 0.4) is 0 Å². The molecular formula is C32H25F3N4O10S2. The zero-order valence-electron chi connectivity index (χ0n) is 26.0. The van der Waals surface area contributed by atoms with Gasteiger partial charge in [-0.1, -0.05) is 34.8 Å². The zero-order valence-corrected chi connectivity index (χ0v) is 27.7. The summed E-state index contributed by atoms with van der Waals surface area (Å²) in [4.78, 5) is 69.9. The van der Waals surface area contributed by atoms with Gasteiger partial charge >= 0.3 is 18.1 Å². The van der Waals surface area contributed by atoms with Crippen molar-refractivity contribution in [2.75, 3.05) is 13.1 Å². The Bertz CT molecular complexity index is 2360. The number of amides is 2. The number of nitrogens with zero attached hydrogens (tertiary/aromatic N) is 2. The molecule has 0 saturated heterocycles. The van der Waals surface area contributed by atoms with Gasteiger partial charge in [-0.25, -0.2) is 0 Å². The van der Waals surface area contributed by atoms with Gasteiger partial charge in [-0.05, 0) is 54.7 Å². The van der Waals surface area contributed by atoms with Crippen molar-refractivity contribution in [2.45, 2.75) is 24.9 Å². The fourth-order valence-electron chi connectivity index (χ4n) is 4.97. The van der Waals surface area contributed by atoms with E-state index in [-0.39, 0.29) is 15.8 Å². The minimum Gasteiger partial charge on any atom is -0.499 e. The van der Waals surface area contributed by atoms with Crippen molar-refractivity contribution in [2.24, 2.45) is 7.05 Å². The summed E-state index contributed by atoms with van der Waals surface area (Å²) in [7, 11) is 1.34. The number of hydrogen-bond acceptors (Lipinski definition) is 11. The number of aliphatic carboxylic acids is 2. The number of hydrogen-bond donors (Lipinski definition) is 6. The molecule has 3 aromatic heterocycles. The van der Waals surface area contributed by atoms with E-state index in [1.807, 2.05) is 17.4 Å². The number of carboxylic acid groups (broad SMARTS) is 2. The molecule has 3 heterocycles. The van der Waals surface area contributed by atoms with E-state index in [4.69, 9.17) is 10.2 Å². The van der Waals surface area contributed by atoms with Gasteiger partial charge < -0.3 is 31.1 Å². The van der Waals surface area contributed by atoms with Crippen LogP contribution >= 0.6 is 22.7 Å². The quantitative estimate of drug-likeness (QED) is 0.134.